The Morgan fingerprint density at radius 3 is 2.89 bits per heavy atom. The molecule has 18 heavy (non-hydrogen) atoms. The highest BCUT2D eigenvalue weighted by Gasteiger charge is 2.39. The number of hydrogen-bond acceptors (Lipinski definition) is 3. The number of carbonyl (C=O) groups is 1. The van der Waals surface area contributed by atoms with Gasteiger partial charge in [-0.25, -0.2) is 4.39 Å². The Bertz CT molecular complexity index is 449. The molecule has 5 heteroatoms. The third-order valence-corrected chi connectivity index (χ3v) is 3.54. The van der Waals surface area contributed by atoms with Gasteiger partial charge in [0.25, 0.3) is 0 Å². The first-order chi connectivity index (χ1) is 8.74. The van der Waals surface area contributed by atoms with Crippen LogP contribution in [0, 0.1) is 5.82 Å². The summed E-state index contributed by atoms with van der Waals surface area (Å²) in [4.78, 5) is 13.7. The maximum absolute atomic E-state index is 12.8. The van der Waals surface area contributed by atoms with Gasteiger partial charge in [0.05, 0.1) is 12.1 Å². The van der Waals surface area contributed by atoms with E-state index in [4.69, 9.17) is 4.74 Å². The van der Waals surface area contributed by atoms with Gasteiger partial charge in [0.15, 0.2) is 0 Å². The quantitative estimate of drug-likeness (QED) is 0.832. The molecule has 3 rings (SSSR count). The van der Waals surface area contributed by atoms with Gasteiger partial charge in [-0.2, -0.15) is 0 Å². The van der Waals surface area contributed by atoms with Crippen LogP contribution in [-0.4, -0.2) is 42.6 Å². The summed E-state index contributed by atoms with van der Waals surface area (Å²) in [5.41, 5.74) is 0.942. The highest BCUT2D eigenvalue weighted by atomic mass is 19.1. The second-order valence-corrected chi connectivity index (χ2v) is 4.72. The van der Waals surface area contributed by atoms with Crippen molar-refractivity contribution in [2.75, 3.05) is 19.7 Å². The van der Waals surface area contributed by atoms with E-state index in [1.54, 1.807) is 12.1 Å². The van der Waals surface area contributed by atoms with Gasteiger partial charge in [-0.3, -0.25) is 4.79 Å². The van der Waals surface area contributed by atoms with Gasteiger partial charge in [-0.1, -0.05) is 12.1 Å². The van der Waals surface area contributed by atoms with Crippen LogP contribution in [0.3, 0.4) is 0 Å². The maximum Gasteiger partial charge on any atom is 0.249 e. The zero-order valence-corrected chi connectivity index (χ0v) is 9.93. The standard InChI is InChI=1S/C13H15FN2O2/c14-10-3-1-9(2-4-10)7-16-11-5-15-6-12(11)18-8-13(16)17/h1-4,11-12,15H,5-8H2/t11-,12-/m1/s1. The molecule has 1 aromatic rings. The minimum absolute atomic E-state index is 0.00396. The largest absolute Gasteiger partial charge is 0.365 e. The van der Waals surface area contributed by atoms with Crippen LogP contribution in [0.1, 0.15) is 5.56 Å². The number of benzene rings is 1. The predicted octanol–water partition coefficient (Wildman–Crippen LogP) is 0.525. The Labute approximate surface area is 105 Å². The van der Waals surface area contributed by atoms with Crippen LogP contribution in [0.2, 0.25) is 0 Å². The number of carbonyl (C=O) groups excluding carboxylic acids is 1. The van der Waals surface area contributed by atoms with Crippen molar-refractivity contribution >= 4 is 5.91 Å². The lowest BCUT2D eigenvalue weighted by molar-refractivity contribution is -0.153. The van der Waals surface area contributed by atoms with Crippen molar-refractivity contribution in [2.45, 2.75) is 18.7 Å². The van der Waals surface area contributed by atoms with Gasteiger partial charge in [0.2, 0.25) is 5.91 Å². The minimum Gasteiger partial charge on any atom is -0.365 e. The number of nitrogens with one attached hydrogen (secondary N) is 1. The normalized spacial score (nSPS) is 27.4. The van der Waals surface area contributed by atoms with E-state index in [1.165, 1.54) is 12.1 Å². The molecule has 2 heterocycles. The van der Waals surface area contributed by atoms with E-state index in [2.05, 4.69) is 5.32 Å². The highest BCUT2D eigenvalue weighted by Crippen LogP contribution is 2.21. The molecule has 2 atom stereocenters. The second kappa shape index (κ2) is 4.66. The zero-order valence-electron chi connectivity index (χ0n) is 9.93. The van der Waals surface area contributed by atoms with Crippen LogP contribution in [-0.2, 0) is 16.1 Å². The van der Waals surface area contributed by atoms with E-state index in [-0.39, 0.29) is 30.5 Å². The lowest BCUT2D eigenvalue weighted by Gasteiger charge is -2.36. The molecule has 1 amide bonds. The van der Waals surface area contributed by atoms with Crippen molar-refractivity contribution in [3.8, 4) is 0 Å². The van der Waals surface area contributed by atoms with Crippen LogP contribution in [0.5, 0.6) is 0 Å². The van der Waals surface area contributed by atoms with E-state index < -0.39 is 0 Å². The van der Waals surface area contributed by atoms with Gasteiger partial charge in [-0.05, 0) is 17.7 Å². The number of rotatable bonds is 2. The average molecular weight is 250 g/mol. The summed E-state index contributed by atoms with van der Waals surface area (Å²) in [6.45, 7) is 2.21. The Morgan fingerprint density at radius 1 is 1.33 bits per heavy atom. The number of ether oxygens (including phenoxy) is 1. The maximum atomic E-state index is 12.8. The van der Waals surface area contributed by atoms with Crippen LogP contribution in [0.4, 0.5) is 4.39 Å². The lowest BCUT2D eigenvalue weighted by atomic mass is 10.1. The number of amides is 1. The van der Waals surface area contributed by atoms with E-state index in [1.807, 2.05) is 4.90 Å². The SMILES string of the molecule is O=C1CO[C@@H]2CNC[C@H]2N1Cc1ccc(F)cc1. The summed E-state index contributed by atoms with van der Waals surface area (Å²) >= 11 is 0. The van der Waals surface area contributed by atoms with Crippen LogP contribution in [0.25, 0.3) is 0 Å². The Balaban J connectivity index is 1.77. The van der Waals surface area contributed by atoms with Gasteiger partial charge in [0.1, 0.15) is 12.4 Å². The number of hydrogen-bond donors (Lipinski definition) is 1. The first kappa shape index (κ1) is 11.6. The van der Waals surface area contributed by atoms with Crippen molar-refractivity contribution in [3.63, 3.8) is 0 Å². The molecule has 0 unspecified atom stereocenters. The molecule has 0 saturated carbocycles. The molecular weight excluding hydrogens is 235 g/mol. The predicted molar refractivity (Wildman–Crippen MR) is 63.3 cm³/mol. The first-order valence-electron chi connectivity index (χ1n) is 6.10. The van der Waals surface area contributed by atoms with Gasteiger partial charge in [0, 0.05) is 19.6 Å². The van der Waals surface area contributed by atoms with E-state index in [0.717, 1.165) is 18.7 Å². The van der Waals surface area contributed by atoms with Crippen LogP contribution in [0.15, 0.2) is 24.3 Å². The molecule has 0 radical (unpaired) electrons. The smallest absolute Gasteiger partial charge is 0.249 e. The number of nitrogens with zero attached hydrogens (tertiary/aromatic N) is 1. The molecule has 0 bridgehead atoms. The molecule has 0 aliphatic carbocycles. The van der Waals surface area contributed by atoms with Crippen LogP contribution < -0.4 is 5.32 Å². The molecule has 2 aliphatic heterocycles. The van der Waals surface area contributed by atoms with E-state index >= 15 is 0 Å². The summed E-state index contributed by atoms with van der Waals surface area (Å²) in [7, 11) is 0. The Kier molecular flexibility index (Phi) is 3.01. The molecule has 2 saturated heterocycles. The summed E-state index contributed by atoms with van der Waals surface area (Å²) in [5, 5.41) is 3.23. The number of halogens is 1. The highest BCUT2D eigenvalue weighted by molar-refractivity contribution is 5.78. The first-order valence-corrected chi connectivity index (χ1v) is 6.10. The molecule has 2 fully saturated rings. The van der Waals surface area contributed by atoms with Crippen molar-refractivity contribution in [1.29, 1.82) is 0 Å². The third kappa shape index (κ3) is 2.11. The van der Waals surface area contributed by atoms with Gasteiger partial charge >= 0.3 is 0 Å². The topological polar surface area (TPSA) is 41.6 Å². The van der Waals surface area contributed by atoms with E-state index in [9.17, 15) is 9.18 Å². The molecule has 1 aromatic carbocycles. The van der Waals surface area contributed by atoms with E-state index in [0.29, 0.717) is 6.54 Å². The Morgan fingerprint density at radius 2 is 2.11 bits per heavy atom. The van der Waals surface area contributed by atoms with Gasteiger partial charge in [-0.15, -0.1) is 0 Å². The fourth-order valence-corrected chi connectivity index (χ4v) is 2.56. The molecule has 2 aliphatic rings. The van der Waals surface area contributed by atoms with Crippen LogP contribution >= 0.6 is 0 Å². The zero-order chi connectivity index (χ0) is 12.5. The third-order valence-electron chi connectivity index (χ3n) is 3.54. The second-order valence-electron chi connectivity index (χ2n) is 4.72. The lowest BCUT2D eigenvalue weighted by Crippen LogP contribution is -2.53. The Hall–Kier alpha value is -1.46. The molecule has 0 aromatic heterocycles. The summed E-state index contributed by atoms with van der Waals surface area (Å²) < 4.78 is 18.3. The number of morpholine rings is 1. The minimum atomic E-state index is -0.257. The summed E-state index contributed by atoms with van der Waals surface area (Å²) in [5.74, 6) is -0.253. The summed E-state index contributed by atoms with van der Waals surface area (Å²) in [6, 6.07) is 6.37. The molecule has 4 nitrogen and oxygen atoms in total. The summed E-state index contributed by atoms with van der Waals surface area (Å²) in [6.07, 6.45) is 0.0862. The van der Waals surface area contributed by atoms with Crippen molar-refractivity contribution in [3.05, 3.63) is 35.6 Å². The van der Waals surface area contributed by atoms with Crippen molar-refractivity contribution < 1.29 is 13.9 Å². The van der Waals surface area contributed by atoms with Gasteiger partial charge < -0.3 is 15.0 Å². The molecule has 1 N–H and O–H groups in total. The fraction of sp³-hybridized carbons (Fsp3) is 0.462. The molecule has 0 spiro atoms. The molecular formula is C13H15FN2O2. The number of fused-ring (bicyclic) bond motifs is 1. The van der Waals surface area contributed by atoms with Crippen molar-refractivity contribution in [1.82, 2.24) is 10.2 Å². The fourth-order valence-electron chi connectivity index (χ4n) is 2.56. The monoisotopic (exact) mass is 250 g/mol. The molecule has 96 valence electrons. The average Bonchev–Trinajstić information content (AvgIpc) is 2.84. The van der Waals surface area contributed by atoms with Crippen molar-refractivity contribution in [2.24, 2.45) is 0 Å².